The fraction of sp³-hybridized carbons (Fsp3) is 0.889. The van der Waals surface area contributed by atoms with Gasteiger partial charge in [-0.15, -0.1) is 0 Å². The van der Waals surface area contributed by atoms with E-state index in [2.05, 4.69) is 0 Å². The van der Waals surface area contributed by atoms with E-state index in [1.54, 1.807) is 6.92 Å². The third kappa shape index (κ3) is 2.46. The molecule has 0 aromatic carbocycles. The lowest BCUT2D eigenvalue weighted by atomic mass is 9.95. The Balaban J connectivity index is 2.03. The topological polar surface area (TPSA) is 93.1 Å². The van der Waals surface area contributed by atoms with Crippen molar-refractivity contribution in [1.82, 2.24) is 0 Å². The SMILES string of the molecule is CC1OC(C2CC(C(=O)O)CP(=O)(O)C2)O1. The molecule has 6 nitrogen and oxygen atoms in total. The van der Waals surface area contributed by atoms with Crippen LogP contribution in [-0.4, -0.2) is 40.9 Å². The molecule has 2 rings (SSSR count). The molecule has 3 atom stereocenters. The van der Waals surface area contributed by atoms with E-state index in [9.17, 15) is 14.3 Å². The Kier molecular flexibility index (Phi) is 3.09. The van der Waals surface area contributed by atoms with Crippen LogP contribution in [0.5, 0.6) is 0 Å². The lowest BCUT2D eigenvalue weighted by molar-refractivity contribution is -0.391. The molecule has 0 saturated carbocycles. The van der Waals surface area contributed by atoms with Gasteiger partial charge in [-0.25, -0.2) is 0 Å². The number of hydrogen-bond donors (Lipinski definition) is 2. The second-order valence-electron chi connectivity index (χ2n) is 4.45. The Labute approximate surface area is 93.0 Å². The summed E-state index contributed by atoms with van der Waals surface area (Å²) in [6.45, 7) is 1.73. The first kappa shape index (κ1) is 12.0. The van der Waals surface area contributed by atoms with Gasteiger partial charge in [-0.3, -0.25) is 9.36 Å². The molecular weight excluding hydrogens is 235 g/mol. The van der Waals surface area contributed by atoms with E-state index in [0.29, 0.717) is 6.42 Å². The molecule has 2 heterocycles. The summed E-state index contributed by atoms with van der Waals surface area (Å²) in [5, 5.41) is 8.90. The van der Waals surface area contributed by atoms with E-state index in [4.69, 9.17) is 14.6 Å². The fourth-order valence-corrected chi connectivity index (χ4v) is 4.48. The highest BCUT2D eigenvalue weighted by atomic mass is 31.2. The van der Waals surface area contributed by atoms with Crippen LogP contribution in [-0.2, 0) is 18.8 Å². The zero-order chi connectivity index (χ0) is 11.9. The van der Waals surface area contributed by atoms with E-state index in [1.807, 2.05) is 0 Å². The number of aliphatic carboxylic acids is 1. The van der Waals surface area contributed by atoms with Crippen molar-refractivity contribution in [2.24, 2.45) is 11.8 Å². The van der Waals surface area contributed by atoms with Crippen molar-refractivity contribution in [3.63, 3.8) is 0 Å². The molecule has 7 heteroatoms. The lowest BCUT2D eigenvalue weighted by Crippen LogP contribution is -2.47. The fourth-order valence-electron chi connectivity index (χ4n) is 2.29. The Morgan fingerprint density at radius 1 is 1.38 bits per heavy atom. The number of rotatable bonds is 2. The van der Waals surface area contributed by atoms with Crippen molar-refractivity contribution in [3.05, 3.63) is 0 Å². The molecule has 2 aliphatic rings. The van der Waals surface area contributed by atoms with Crippen LogP contribution in [0.15, 0.2) is 0 Å². The number of hydrogen-bond acceptors (Lipinski definition) is 4. The molecule has 0 bridgehead atoms. The molecular formula is C9H15O6P. The standard InChI is InChI=1S/C9H15O6P/c1-5-14-9(15-5)7-2-6(8(10)11)3-16(12,13)4-7/h5-7,9H,2-4H2,1H3,(H,10,11)(H,12,13). The first-order valence-corrected chi connectivity index (χ1v) is 7.25. The van der Waals surface area contributed by atoms with Crippen molar-refractivity contribution in [2.45, 2.75) is 25.9 Å². The van der Waals surface area contributed by atoms with Gasteiger partial charge in [-0.2, -0.15) is 0 Å². The van der Waals surface area contributed by atoms with Gasteiger partial charge in [0.15, 0.2) is 12.6 Å². The summed E-state index contributed by atoms with van der Waals surface area (Å²) in [5.74, 6) is -2.08. The Morgan fingerprint density at radius 2 is 2.00 bits per heavy atom. The molecule has 2 aliphatic heterocycles. The van der Waals surface area contributed by atoms with Crippen molar-refractivity contribution in [3.8, 4) is 0 Å². The summed E-state index contributed by atoms with van der Waals surface area (Å²) < 4.78 is 22.2. The molecule has 0 radical (unpaired) electrons. The predicted octanol–water partition coefficient (Wildman–Crippen LogP) is 0.696. The minimum atomic E-state index is -3.35. The Morgan fingerprint density at radius 3 is 2.50 bits per heavy atom. The first-order chi connectivity index (χ1) is 7.37. The smallest absolute Gasteiger partial charge is 0.307 e. The van der Waals surface area contributed by atoms with E-state index in [1.165, 1.54) is 0 Å². The maximum absolute atomic E-state index is 11.7. The normalized spacial score (nSPS) is 48.4. The van der Waals surface area contributed by atoms with Crippen molar-refractivity contribution in [1.29, 1.82) is 0 Å². The number of carboxylic acid groups (broad SMARTS) is 1. The predicted molar refractivity (Wildman–Crippen MR) is 54.2 cm³/mol. The molecule has 0 aromatic heterocycles. The summed E-state index contributed by atoms with van der Waals surface area (Å²) in [4.78, 5) is 20.4. The van der Waals surface area contributed by atoms with Gasteiger partial charge in [0.1, 0.15) is 0 Å². The van der Waals surface area contributed by atoms with Gasteiger partial charge in [0.25, 0.3) is 0 Å². The van der Waals surface area contributed by atoms with Crippen LogP contribution in [0, 0.1) is 11.8 Å². The highest BCUT2D eigenvalue weighted by Gasteiger charge is 2.45. The molecule has 16 heavy (non-hydrogen) atoms. The Bertz CT molecular complexity index is 337. The minimum Gasteiger partial charge on any atom is -0.481 e. The van der Waals surface area contributed by atoms with Crippen LogP contribution >= 0.6 is 7.37 Å². The van der Waals surface area contributed by atoms with Crippen molar-refractivity contribution < 1.29 is 28.8 Å². The van der Waals surface area contributed by atoms with Crippen molar-refractivity contribution >= 4 is 13.3 Å². The largest absolute Gasteiger partial charge is 0.481 e. The highest BCUT2D eigenvalue weighted by Crippen LogP contribution is 2.52. The van der Waals surface area contributed by atoms with Crippen LogP contribution in [0.2, 0.25) is 0 Å². The average Bonchev–Trinajstić information content (AvgIpc) is 2.10. The first-order valence-electron chi connectivity index (χ1n) is 5.22. The van der Waals surface area contributed by atoms with Gasteiger partial charge >= 0.3 is 5.97 Å². The molecule has 0 spiro atoms. The molecule has 2 fully saturated rings. The summed E-state index contributed by atoms with van der Waals surface area (Å²) >= 11 is 0. The number of carbonyl (C=O) groups is 1. The summed E-state index contributed by atoms with van der Waals surface area (Å²) in [7, 11) is -3.35. The van der Waals surface area contributed by atoms with Crippen LogP contribution < -0.4 is 0 Å². The molecule has 2 saturated heterocycles. The molecule has 0 aromatic rings. The van der Waals surface area contributed by atoms with Crippen LogP contribution in [0.3, 0.4) is 0 Å². The van der Waals surface area contributed by atoms with Gasteiger partial charge in [-0.05, 0) is 13.3 Å². The summed E-state index contributed by atoms with van der Waals surface area (Å²) in [6.07, 6.45) is -0.516. The minimum absolute atomic E-state index is 0.0914. The van der Waals surface area contributed by atoms with Gasteiger partial charge in [0, 0.05) is 18.2 Å². The van der Waals surface area contributed by atoms with Crippen LogP contribution in [0.4, 0.5) is 0 Å². The second kappa shape index (κ2) is 4.11. The van der Waals surface area contributed by atoms with Crippen LogP contribution in [0.1, 0.15) is 13.3 Å². The zero-order valence-electron chi connectivity index (χ0n) is 8.91. The van der Waals surface area contributed by atoms with Gasteiger partial charge < -0.3 is 19.5 Å². The van der Waals surface area contributed by atoms with Crippen molar-refractivity contribution in [2.75, 3.05) is 12.3 Å². The third-order valence-electron chi connectivity index (χ3n) is 3.00. The Hall–Kier alpha value is -0.420. The number of ether oxygens (including phenoxy) is 2. The average molecular weight is 250 g/mol. The second-order valence-corrected chi connectivity index (χ2v) is 6.87. The molecule has 0 amide bonds. The number of carboxylic acids is 1. The molecule has 92 valence electrons. The van der Waals surface area contributed by atoms with Gasteiger partial charge in [0.05, 0.1) is 5.92 Å². The zero-order valence-corrected chi connectivity index (χ0v) is 9.80. The van der Waals surface area contributed by atoms with E-state index in [-0.39, 0.29) is 24.5 Å². The lowest BCUT2D eigenvalue weighted by Gasteiger charge is -2.42. The quantitative estimate of drug-likeness (QED) is 0.700. The van der Waals surface area contributed by atoms with E-state index < -0.39 is 25.5 Å². The molecule has 0 aliphatic carbocycles. The van der Waals surface area contributed by atoms with E-state index >= 15 is 0 Å². The van der Waals surface area contributed by atoms with Gasteiger partial charge in [-0.1, -0.05) is 0 Å². The monoisotopic (exact) mass is 250 g/mol. The van der Waals surface area contributed by atoms with Crippen LogP contribution in [0.25, 0.3) is 0 Å². The highest BCUT2D eigenvalue weighted by molar-refractivity contribution is 7.58. The molecule has 2 N–H and O–H groups in total. The maximum Gasteiger partial charge on any atom is 0.307 e. The third-order valence-corrected chi connectivity index (χ3v) is 5.05. The summed E-state index contributed by atoms with van der Waals surface area (Å²) in [5.41, 5.74) is 0. The maximum atomic E-state index is 11.7. The molecule has 3 unspecified atom stereocenters. The van der Waals surface area contributed by atoms with E-state index in [0.717, 1.165) is 0 Å². The summed E-state index contributed by atoms with van der Waals surface area (Å²) in [6, 6.07) is 0. The van der Waals surface area contributed by atoms with Gasteiger partial charge in [0.2, 0.25) is 7.37 Å².